The summed E-state index contributed by atoms with van der Waals surface area (Å²) in [5.41, 5.74) is 3.51. The Bertz CT molecular complexity index is 1400. The van der Waals surface area contributed by atoms with E-state index in [0.29, 0.717) is 17.5 Å². The number of carbonyl (C=O) groups excluding carboxylic acids is 2. The number of Topliss-reactive ketones (excluding diaryl/α,β-unsaturated/α-hetero) is 1. The van der Waals surface area contributed by atoms with Crippen molar-refractivity contribution in [3.8, 4) is 0 Å². The molecule has 0 amide bonds. The van der Waals surface area contributed by atoms with E-state index >= 15 is 0 Å². The molecule has 3 aromatic carbocycles. The molecule has 198 valence electrons. The number of oxime groups is 1. The number of aromatic nitrogens is 1. The number of aryl methyl sites for hydroxylation is 1. The first kappa shape index (κ1) is 27.3. The third-order valence-corrected chi connectivity index (χ3v) is 7.05. The Morgan fingerprint density at radius 1 is 0.711 bits per heavy atom. The fraction of sp³-hybridized carbons (Fsp3) is 0.364. The van der Waals surface area contributed by atoms with Crippen molar-refractivity contribution in [3.63, 3.8) is 0 Å². The zero-order valence-corrected chi connectivity index (χ0v) is 22.6. The van der Waals surface area contributed by atoms with Crippen LogP contribution in [0, 0.1) is 0 Å². The summed E-state index contributed by atoms with van der Waals surface area (Å²) in [4.78, 5) is 31.5. The van der Waals surface area contributed by atoms with Crippen LogP contribution < -0.4 is 0 Å². The van der Waals surface area contributed by atoms with Gasteiger partial charge in [0.25, 0.3) is 0 Å². The summed E-state index contributed by atoms with van der Waals surface area (Å²) >= 11 is 0. The van der Waals surface area contributed by atoms with Crippen LogP contribution in [-0.4, -0.2) is 22.0 Å². The predicted molar refractivity (Wildman–Crippen MR) is 156 cm³/mol. The van der Waals surface area contributed by atoms with Crippen molar-refractivity contribution in [2.24, 2.45) is 5.16 Å². The fourth-order valence-electron chi connectivity index (χ4n) is 4.94. The van der Waals surface area contributed by atoms with Crippen molar-refractivity contribution in [2.75, 3.05) is 0 Å². The van der Waals surface area contributed by atoms with Gasteiger partial charge in [-0.05, 0) is 43.5 Å². The SMILES string of the molecule is CCCCCC/C(=N\OC(=O)c1ccccc1)C(=O)c1ccc2c3ccccc3n(CCCCCC)c2c1. The molecule has 0 saturated carbocycles. The highest BCUT2D eigenvalue weighted by Crippen LogP contribution is 2.30. The lowest BCUT2D eigenvalue weighted by molar-refractivity contribution is 0.0514. The molecule has 0 aliphatic rings. The maximum atomic E-state index is 13.7. The molecule has 0 N–H and O–H groups in total. The molecule has 0 atom stereocenters. The second kappa shape index (κ2) is 13.7. The lowest BCUT2D eigenvalue weighted by Crippen LogP contribution is -2.16. The number of hydrogen-bond donors (Lipinski definition) is 0. The van der Waals surface area contributed by atoms with Gasteiger partial charge in [0.2, 0.25) is 5.78 Å². The summed E-state index contributed by atoms with van der Waals surface area (Å²) in [5.74, 6) is -0.751. The molecule has 4 rings (SSSR count). The zero-order chi connectivity index (χ0) is 26.7. The molecular weight excluding hydrogens is 472 g/mol. The average Bonchev–Trinajstić information content (AvgIpc) is 3.27. The summed E-state index contributed by atoms with van der Waals surface area (Å²) in [6, 6.07) is 23.0. The lowest BCUT2D eigenvalue weighted by atomic mass is 10.0. The van der Waals surface area contributed by atoms with E-state index < -0.39 is 5.97 Å². The highest BCUT2D eigenvalue weighted by atomic mass is 16.7. The van der Waals surface area contributed by atoms with Gasteiger partial charge in [-0.25, -0.2) is 4.79 Å². The van der Waals surface area contributed by atoms with Crippen LogP contribution in [0.2, 0.25) is 0 Å². The number of carbonyl (C=O) groups is 2. The molecule has 4 aromatic rings. The monoisotopic (exact) mass is 510 g/mol. The van der Waals surface area contributed by atoms with E-state index in [1.165, 1.54) is 30.2 Å². The first-order chi connectivity index (χ1) is 18.6. The van der Waals surface area contributed by atoms with E-state index in [1.807, 2.05) is 24.3 Å². The third kappa shape index (κ3) is 6.58. The van der Waals surface area contributed by atoms with E-state index in [-0.39, 0.29) is 11.5 Å². The van der Waals surface area contributed by atoms with Gasteiger partial charge in [0.1, 0.15) is 5.71 Å². The van der Waals surface area contributed by atoms with Crippen LogP contribution in [0.1, 0.15) is 92.4 Å². The number of fused-ring (bicyclic) bond motifs is 3. The Morgan fingerprint density at radius 2 is 1.39 bits per heavy atom. The molecule has 1 aromatic heterocycles. The molecule has 5 nitrogen and oxygen atoms in total. The smallest absolute Gasteiger partial charge is 0.340 e. The predicted octanol–water partition coefficient (Wildman–Crippen LogP) is 8.74. The van der Waals surface area contributed by atoms with Crippen LogP contribution in [0.3, 0.4) is 0 Å². The summed E-state index contributed by atoms with van der Waals surface area (Å²) in [6.07, 6.45) is 9.18. The van der Waals surface area contributed by atoms with Crippen LogP contribution in [0.5, 0.6) is 0 Å². The number of benzene rings is 3. The minimum absolute atomic E-state index is 0.188. The highest BCUT2D eigenvalue weighted by molar-refractivity contribution is 6.46. The third-order valence-electron chi connectivity index (χ3n) is 7.05. The molecule has 0 bridgehead atoms. The Morgan fingerprint density at radius 3 is 2.16 bits per heavy atom. The van der Waals surface area contributed by atoms with Crippen LogP contribution in [-0.2, 0) is 11.4 Å². The Labute approximate surface area is 225 Å². The van der Waals surface area contributed by atoms with Gasteiger partial charge < -0.3 is 9.40 Å². The topological polar surface area (TPSA) is 60.7 Å². The summed E-state index contributed by atoms with van der Waals surface area (Å²) in [5, 5.41) is 6.44. The second-order valence-corrected chi connectivity index (χ2v) is 9.88. The van der Waals surface area contributed by atoms with Crippen molar-refractivity contribution in [1.82, 2.24) is 4.57 Å². The van der Waals surface area contributed by atoms with Crippen molar-refractivity contribution < 1.29 is 14.4 Å². The molecule has 0 radical (unpaired) electrons. The molecular formula is C33H38N2O3. The van der Waals surface area contributed by atoms with Gasteiger partial charge in [0, 0.05) is 33.9 Å². The van der Waals surface area contributed by atoms with E-state index in [9.17, 15) is 9.59 Å². The molecule has 0 unspecified atom stereocenters. The first-order valence-electron chi connectivity index (χ1n) is 14.0. The Hall–Kier alpha value is -3.73. The Balaban J connectivity index is 1.65. The first-order valence-corrected chi connectivity index (χ1v) is 14.0. The van der Waals surface area contributed by atoms with Gasteiger partial charge in [-0.3, -0.25) is 4.79 Å². The number of unbranched alkanes of at least 4 members (excludes halogenated alkanes) is 6. The molecule has 38 heavy (non-hydrogen) atoms. The van der Waals surface area contributed by atoms with Crippen molar-refractivity contribution in [3.05, 3.63) is 83.9 Å². The van der Waals surface area contributed by atoms with Gasteiger partial charge in [-0.15, -0.1) is 0 Å². The number of hydrogen-bond acceptors (Lipinski definition) is 4. The minimum Gasteiger partial charge on any atom is -0.340 e. The molecule has 5 heteroatoms. The van der Waals surface area contributed by atoms with Gasteiger partial charge in [-0.1, -0.05) is 106 Å². The molecule has 0 spiro atoms. The molecule has 0 aliphatic carbocycles. The standard InChI is InChI=1S/C33H38N2O3/c1-3-5-7-12-19-29(34-38-33(37)25-16-10-9-11-17-25)32(36)26-21-22-28-27-18-13-14-20-30(27)35(31(28)24-26)23-15-8-6-4-2/h9-11,13-14,16-18,20-22,24H,3-8,12,15,19,23H2,1-2H3/b34-29+. The van der Waals surface area contributed by atoms with Crippen LogP contribution in [0.25, 0.3) is 21.8 Å². The van der Waals surface area contributed by atoms with Gasteiger partial charge in [-0.2, -0.15) is 0 Å². The average molecular weight is 511 g/mol. The number of rotatable bonds is 14. The van der Waals surface area contributed by atoms with Gasteiger partial charge >= 0.3 is 5.97 Å². The van der Waals surface area contributed by atoms with Crippen molar-refractivity contribution in [2.45, 2.75) is 78.2 Å². The molecule has 0 saturated heterocycles. The number of nitrogens with zero attached hydrogens (tertiary/aromatic N) is 2. The molecule has 0 aliphatic heterocycles. The lowest BCUT2D eigenvalue weighted by Gasteiger charge is -2.09. The number of ketones is 1. The quantitative estimate of drug-likeness (QED) is 0.0560. The highest BCUT2D eigenvalue weighted by Gasteiger charge is 2.19. The van der Waals surface area contributed by atoms with E-state index in [2.05, 4.69) is 47.8 Å². The van der Waals surface area contributed by atoms with E-state index in [4.69, 9.17) is 4.84 Å². The normalized spacial score (nSPS) is 11.8. The van der Waals surface area contributed by atoms with Crippen LogP contribution in [0.4, 0.5) is 0 Å². The summed E-state index contributed by atoms with van der Waals surface area (Å²) < 4.78 is 2.34. The summed E-state index contributed by atoms with van der Waals surface area (Å²) in [6.45, 7) is 5.28. The van der Waals surface area contributed by atoms with E-state index in [1.54, 1.807) is 24.3 Å². The number of para-hydroxylation sites is 1. The second-order valence-electron chi connectivity index (χ2n) is 9.88. The summed E-state index contributed by atoms with van der Waals surface area (Å²) in [7, 11) is 0. The van der Waals surface area contributed by atoms with Gasteiger partial charge in [0.05, 0.1) is 5.56 Å². The molecule has 0 fully saturated rings. The van der Waals surface area contributed by atoms with E-state index in [0.717, 1.165) is 49.6 Å². The minimum atomic E-state index is -0.563. The maximum Gasteiger partial charge on any atom is 0.365 e. The largest absolute Gasteiger partial charge is 0.365 e. The Kier molecular flexibility index (Phi) is 9.85. The zero-order valence-electron chi connectivity index (χ0n) is 22.6. The van der Waals surface area contributed by atoms with Crippen LogP contribution in [0.15, 0.2) is 78.0 Å². The maximum absolute atomic E-state index is 13.7. The fourth-order valence-corrected chi connectivity index (χ4v) is 4.94. The van der Waals surface area contributed by atoms with Gasteiger partial charge in [0.15, 0.2) is 0 Å². The van der Waals surface area contributed by atoms with Crippen LogP contribution >= 0.6 is 0 Å². The van der Waals surface area contributed by atoms with Crippen molar-refractivity contribution in [1.29, 1.82) is 0 Å². The van der Waals surface area contributed by atoms with Crippen molar-refractivity contribution >= 4 is 39.3 Å². The molecule has 1 heterocycles.